The Morgan fingerprint density at radius 2 is 1.73 bits per heavy atom. The average molecular weight is 427 g/mol. The van der Waals surface area contributed by atoms with Gasteiger partial charge >= 0.3 is 0 Å². The van der Waals surface area contributed by atoms with E-state index in [1.54, 1.807) is 31.2 Å². The Balaban J connectivity index is 1.65. The quantitative estimate of drug-likeness (QED) is 0.773. The molecule has 0 aromatic heterocycles. The lowest BCUT2D eigenvalue weighted by atomic mass is 9.78. The summed E-state index contributed by atoms with van der Waals surface area (Å²) in [7, 11) is -3.89. The van der Waals surface area contributed by atoms with Crippen LogP contribution in [-0.4, -0.2) is 49.5 Å². The number of hydrogen-bond donors (Lipinski definition) is 2. The van der Waals surface area contributed by atoms with Crippen molar-refractivity contribution in [2.45, 2.75) is 24.8 Å². The van der Waals surface area contributed by atoms with Gasteiger partial charge in [0.15, 0.2) is 5.78 Å². The molecule has 1 saturated heterocycles. The van der Waals surface area contributed by atoms with Crippen LogP contribution in [0.1, 0.15) is 34.6 Å². The van der Waals surface area contributed by atoms with Gasteiger partial charge in [-0.3, -0.25) is 14.4 Å². The van der Waals surface area contributed by atoms with Gasteiger partial charge in [0.1, 0.15) is 0 Å². The summed E-state index contributed by atoms with van der Waals surface area (Å²) in [5, 5.41) is 5.43. The maximum atomic E-state index is 13.3. The van der Waals surface area contributed by atoms with Crippen LogP contribution in [0.25, 0.3) is 0 Å². The van der Waals surface area contributed by atoms with Crippen molar-refractivity contribution in [3.63, 3.8) is 0 Å². The number of hydrogen-bond acceptors (Lipinski definition) is 5. The SMILES string of the molecule is CC(=O)Nc1ccc(S(=O)(=O)N2C[C@H]3NC(=O)c4ccccc4C(=O)[C@@]3(C)C2)cc1. The van der Waals surface area contributed by atoms with E-state index in [0.29, 0.717) is 16.8 Å². The van der Waals surface area contributed by atoms with E-state index in [9.17, 15) is 22.8 Å². The number of carbonyl (C=O) groups is 3. The molecule has 2 heterocycles. The van der Waals surface area contributed by atoms with Gasteiger partial charge in [0.05, 0.1) is 21.9 Å². The molecule has 0 spiro atoms. The van der Waals surface area contributed by atoms with E-state index in [0.717, 1.165) is 0 Å². The number of Topliss-reactive ketones (excluding diaryl/α,β-unsaturated/α-hetero) is 1. The maximum absolute atomic E-state index is 13.3. The molecule has 8 nitrogen and oxygen atoms in total. The summed E-state index contributed by atoms with van der Waals surface area (Å²) in [6, 6.07) is 11.8. The first-order valence-corrected chi connectivity index (χ1v) is 10.9. The number of ketones is 1. The van der Waals surface area contributed by atoms with E-state index in [1.807, 2.05) is 0 Å². The third-order valence-electron chi connectivity index (χ3n) is 5.71. The second-order valence-corrected chi connectivity index (χ2v) is 9.76. The van der Waals surface area contributed by atoms with Gasteiger partial charge in [0, 0.05) is 31.3 Å². The Labute approximate surface area is 174 Å². The molecule has 9 heteroatoms. The van der Waals surface area contributed by atoms with Gasteiger partial charge in [-0.1, -0.05) is 18.2 Å². The lowest BCUT2D eigenvalue weighted by Gasteiger charge is -2.26. The van der Waals surface area contributed by atoms with Crippen LogP contribution in [0.15, 0.2) is 53.4 Å². The minimum Gasteiger partial charge on any atom is -0.347 e. The number of amides is 2. The fourth-order valence-electron chi connectivity index (χ4n) is 4.05. The predicted octanol–water partition coefficient (Wildman–Crippen LogP) is 1.65. The van der Waals surface area contributed by atoms with Crippen molar-refractivity contribution in [1.29, 1.82) is 0 Å². The van der Waals surface area contributed by atoms with Gasteiger partial charge in [0.25, 0.3) is 5.91 Å². The first kappa shape index (κ1) is 20.2. The van der Waals surface area contributed by atoms with E-state index in [2.05, 4.69) is 10.6 Å². The highest BCUT2D eigenvalue weighted by molar-refractivity contribution is 7.89. The molecule has 2 aromatic rings. The number of benzene rings is 2. The topological polar surface area (TPSA) is 113 Å². The normalized spacial score (nSPS) is 23.9. The Kier molecular flexibility index (Phi) is 4.74. The summed E-state index contributed by atoms with van der Waals surface area (Å²) in [6.45, 7) is 3.01. The van der Waals surface area contributed by atoms with Crippen LogP contribution in [0.3, 0.4) is 0 Å². The molecular formula is C21H21N3O5S. The number of anilines is 1. The molecule has 30 heavy (non-hydrogen) atoms. The predicted molar refractivity (Wildman–Crippen MR) is 110 cm³/mol. The van der Waals surface area contributed by atoms with Crippen molar-refractivity contribution in [2.24, 2.45) is 5.41 Å². The molecule has 2 amide bonds. The van der Waals surface area contributed by atoms with Crippen LogP contribution in [0.2, 0.25) is 0 Å². The number of carbonyl (C=O) groups excluding carboxylic acids is 3. The fraction of sp³-hybridized carbons (Fsp3) is 0.286. The summed E-state index contributed by atoms with van der Waals surface area (Å²) < 4.78 is 27.6. The minimum atomic E-state index is -3.89. The van der Waals surface area contributed by atoms with Crippen LogP contribution >= 0.6 is 0 Å². The van der Waals surface area contributed by atoms with Crippen LogP contribution < -0.4 is 10.6 Å². The molecule has 0 aliphatic carbocycles. The van der Waals surface area contributed by atoms with Gasteiger partial charge in [-0.05, 0) is 37.3 Å². The molecule has 2 aliphatic heterocycles. The van der Waals surface area contributed by atoms with Crippen LogP contribution in [0.4, 0.5) is 5.69 Å². The third kappa shape index (κ3) is 3.20. The van der Waals surface area contributed by atoms with Gasteiger partial charge in [-0.2, -0.15) is 4.31 Å². The van der Waals surface area contributed by atoms with Gasteiger partial charge in [-0.25, -0.2) is 8.42 Å². The highest BCUT2D eigenvalue weighted by Gasteiger charge is 2.54. The summed E-state index contributed by atoms with van der Waals surface area (Å²) in [4.78, 5) is 37.1. The highest BCUT2D eigenvalue weighted by Crippen LogP contribution is 2.39. The van der Waals surface area contributed by atoms with E-state index < -0.39 is 21.5 Å². The summed E-state index contributed by atoms with van der Waals surface area (Å²) in [6.07, 6.45) is 0. The van der Waals surface area contributed by atoms with Crippen molar-refractivity contribution in [3.8, 4) is 0 Å². The lowest BCUT2D eigenvalue weighted by molar-refractivity contribution is -0.114. The average Bonchev–Trinajstić information content (AvgIpc) is 3.02. The van der Waals surface area contributed by atoms with Gasteiger partial charge < -0.3 is 10.6 Å². The molecule has 2 atom stereocenters. The number of fused-ring (bicyclic) bond motifs is 2. The molecule has 156 valence electrons. The first-order valence-electron chi connectivity index (χ1n) is 9.45. The molecule has 4 rings (SSSR count). The van der Waals surface area contributed by atoms with Crippen LogP contribution in [0.5, 0.6) is 0 Å². The van der Waals surface area contributed by atoms with E-state index in [1.165, 1.54) is 35.5 Å². The van der Waals surface area contributed by atoms with Crippen molar-refractivity contribution >= 4 is 33.3 Å². The number of rotatable bonds is 3. The molecule has 0 radical (unpaired) electrons. The Morgan fingerprint density at radius 1 is 1.10 bits per heavy atom. The molecule has 2 N–H and O–H groups in total. The zero-order valence-corrected chi connectivity index (χ0v) is 17.3. The Morgan fingerprint density at radius 3 is 2.37 bits per heavy atom. The third-order valence-corrected chi connectivity index (χ3v) is 7.54. The number of nitrogens with zero attached hydrogens (tertiary/aromatic N) is 1. The zero-order chi connectivity index (χ0) is 21.7. The minimum absolute atomic E-state index is 0.00223. The van der Waals surface area contributed by atoms with E-state index >= 15 is 0 Å². The monoisotopic (exact) mass is 427 g/mol. The summed E-state index contributed by atoms with van der Waals surface area (Å²) in [5.74, 6) is -0.889. The van der Waals surface area contributed by atoms with Crippen LogP contribution in [0, 0.1) is 5.41 Å². The highest BCUT2D eigenvalue weighted by atomic mass is 32.2. The summed E-state index contributed by atoms with van der Waals surface area (Å²) in [5.41, 5.74) is 0.0184. The Hall–Kier alpha value is -3.04. The molecule has 0 saturated carbocycles. The standard InChI is InChI=1S/C21H21N3O5S/c1-13(25)22-14-7-9-15(10-8-14)30(28,29)24-11-18-21(2,12-24)19(26)16-5-3-4-6-17(16)20(27)23-18/h3-10,18H,11-12H2,1-2H3,(H,22,25)(H,23,27)/t18-,21+/m1/s1. The molecule has 0 bridgehead atoms. The number of sulfonamides is 1. The Bertz CT molecular complexity index is 1160. The first-order chi connectivity index (χ1) is 14.1. The van der Waals surface area contributed by atoms with Crippen molar-refractivity contribution in [3.05, 3.63) is 59.7 Å². The molecule has 0 unspecified atom stereocenters. The van der Waals surface area contributed by atoms with Crippen molar-refractivity contribution in [1.82, 2.24) is 9.62 Å². The number of nitrogens with one attached hydrogen (secondary N) is 2. The van der Waals surface area contributed by atoms with Crippen LogP contribution in [-0.2, 0) is 14.8 Å². The smallest absolute Gasteiger partial charge is 0.252 e. The van der Waals surface area contributed by atoms with Gasteiger partial charge in [-0.15, -0.1) is 0 Å². The van der Waals surface area contributed by atoms with Crippen molar-refractivity contribution < 1.29 is 22.8 Å². The largest absolute Gasteiger partial charge is 0.347 e. The molecule has 1 fully saturated rings. The zero-order valence-electron chi connectivity index (χ0n) is 16.5. The molecule has 2 aromatic carbocycles. The second kappa shape index (κ2) is 7.03. The molecule has 2 aliphatic rings. The summed E-state index contributed by atoms with van der Waals surface area (Å²) >= 11 is 0. The molecular weight excluding hydrogens is 406 g/mol. The second-order valence-electron chi connectivity index (χ2n) is 7.82. The maximum Gasteiger partial charge on any atom is 0.252 e. The fourth-order valence-corrected chi connectivity index (χ4v) is 5.61. The van der Waals surface area contributed by atoms with Gasteiger partial charge in [0.2, 0.25) is 15.9 Å². The van der Waals surface area contributed by atoms with E-state index in [-0.39, 0.29) is 35.6 Å². The van der Waals surface area contributed by atoms with Crippen molar-refractivity contribution in [2.75, 3.05) is 18.4 Å². The lowest BCUT2D eigenvalue weighted by Crippen LogP contribution is -2.47. The van der Waals surface area contributed by atoms with E-state index in [4.69, 9.17) is 0 Å².